The number of benzene rings is 1. The van der Waals surface area contributed by atoms with Crippen LogP contribution in [-0.4, -0.2) is 55.0 Å². The first-order valence-corrected chi connectivity index (χ1v) is 9.53. The molecule has 2 heterocycles. The van der Waals surface area contributed by atoms with Crippen molar-refractivity contribution in [2.75, 3.05) is 39.3 Å². The molecule has 0 saturated carbocycles. The average Bonchev–Trinajstić information content (AvgIpc) is 3.31. The van der Waals surface area contributed by atoms with Crippen LogP contribution in [0.2, 0.25) is 0 Å². The highest BCUT2D eigenvalue weighted by atomic mass is 15.3. The molecule has 25 heavy (non-hydrogen) atoms. The van der Waals surface area contributed by atoms with Gasteiger partial charge >= 0.3 is 0 Å². The Labute approximate surface area is 151 Å². The van der Waals surface area contributed by atoms with Gasteiger partial charge in [-0.25, -0.2) is 4.99 Å². The van der Waals surface area contributed by atoms with E-state index in [4.69, 9.17) is 10.3 Å². The highest BCUT2D eigenvalue weighted by Gasteiger charge is 2.27. The van der Waals surface area contributed by atoms with Crippen LogP contribution in [0, 0.1) is 17.2 Å². The summed E-state index contributed by atoms with van der Waals surface area (Å²) in [6.07, 6.45) is 3.99. The number of nitrogens with zero attached hydrogens (tertiary/aromatic N) is 4. The number of hydrogen-bond donors (Lipinski definition) is 1. The molecule has 0 spiro atoms. The third-order valence-corrected chi connectivity index (χ3v) is 5.13. The predicted octanol–water partition coefficient (Wildman–Crippen LogP) is 2.44. The first-order chi connectivity index (χ1) is 12.3. The zero-order valence-electron chi connectivity index (χ0n) is 15.2. The Bertz CT molecular complexity index is 610. The minimum Gasteiger partial charge on any atom is -0.357 e. The van der Waals surface area contributed by atoms with Crippen LogP contribution in [-0.2, 0) is 6.54 Å². The molecule has 0 amide bonds. The third-order valence-electron chi connectivity index (χ3n) is 5.13. The molecule has 0 aliphatic carbocycles. The first kappa shape index (κ1) is 17.8. The van der Waals surface area contributed by atoms with Gasteiger partial charge in [-0.1, -0.05) is 12.1 Å². The van der Waals surface area contributed by atoms with Gasteiger partial charge in [-0.05, 0) is 62.9 Å². The SMILES string of the molecule is CCNC(=NCc1ccc(C#N)cc1)N1CCC(CN2CCCC2)C1. The maximum Gasteiger partial charge on any atom is 0.194 e. The van der Waals surface area contributed by atoms with E-state index in [1.165, 1.54) is 38.9 Å². The maximum atomic E-state index is 8.89. The Morgan fingerprint density at radius 2 is 2.00 bits per heavy atom. The fourth-order valence-electron chi connectivity index (χ4n) is 3.78. The number of aliphatic imine (C=N–C) groups is 1. The molecule has 0 radical (unpaired) electrons. The van der Waals surface area contributed by atoms with Crippen molar-refractivity contribution >= 4 is 5.96 Å². The highest BCUT2D eigenvalue weighted by Crippen LogP contribution is 2.20. The molecule has 1 unspecified atom stereocenters. The average molecular weight is 339 g/mol. The quantitative estimate of drug-likeness (QED) is 0.661. The fraction of sp³-hybridized carbons (Fsp3) is 0.600. The van der Waals surface area contributed by atoms with Gasteiger partial charge in [0.1, 0.15) is 0 Å². The molecular formula is C20H29N5. The lowest BCUT2D eigenvalue weighted by molar-refractivity contribution is 0.281. The molecule has 134 valence electrons. The van der Waals surface area contributed by atoms with Gasteiger partial charge in [-0.2, -0.15) is 5.26 Å². The molecule has 5 nitrogen and oxygen atoms in total. The molecular weight excluding hydrogens is 310 g/mol. The number of nitrogens with one attached hydrogen (secondary N) is 1. The van der Waals surface area contributed by atoms with Crippen LogP contribution in [0.1, 0.15) is 37.3 Å². The van der Waals surface area contributed by atoms with E-state index in [1.807, 2.05) is 24.3 Å². The van der Waals surface area contributed by atoms with Crippen LogP contribution in [0.4, 0.5) is 0 Å². The van der Waals surface area contributed by atoms with Crippen molar-refractivity contribution in [1.82, 2.24) is 15.1 Å². The smallest absolute Gasteiger partial charge is 0.194 e. The number of guanidine groups is 1. The van der Waals surface area contributed by atoms with Crippen molar-refractivity contribution in [3.05, 3.63) is 35.4 Å². The molecule has 0 aromatic heterocycles. The highest BCUT2D eigenvalue weighted by molar-refractivity contribution is 5.80. The van der Waals surface area contributed by atoms with Gasteiger partial charge in [0.25, 0.3) is 0 Å². The van der Waals surface area contributed by atoms with E-state index in [1.54, 1.807) is 0 Å². The molecule has 2 fully saturated rings. The molecule has 1 aromatic carbocycles. The van der Waals surface area contributed by atoms with Crippen molar-refractivity contribution < 1.29 is 0 Å². The summed E-state index contributed by atoms with van der Waals surface area (Å²) in [6.45, 7) is 9.67. The summed E-state index contributed by atoms with van der Waals surface area (Å²) < 4.78 is 0. The maximum absolute atomic E-state index is 8.89. The topological polar surface area (TPSA) is 54.7 Å². The molecule has 1 N–H and O–H groups in total. The number of nitriles is 1. The number of likely N-dealkylation sites (tertiary alicyclic amines) is 2. The Morgan fingerprint density at radius 1 is 1.24 bits per heavy atom. The standard InChI is InChI=1S/C20H29N5/c1-2-22-20(23-14-18-7-5-17(13-21)6-8-18)25-12-9-19(16-25)15-24-10-3-4-11-24/h5-8,19H,2-4,9-12,14-16H2,1H3,(H,22,23). The van der Waals surface area contributed by atoms with E-state index < -0.39 is 0 Å². The minimum absolute atomic E-state index is 0.654. The summed E-state index contributed by atoms with van der Waals surface area (Å²) in [4.78, 5) is 9.85. The fourth-order valence-corrected chi connectivity index (χ4v) is 3.78. The van der Waals surface area contributed by atoms with Crippen molar-refractivity contribution in [3.8, 4) is 6.07 Å². The molecule has 1 aromatic rings. The second-order valence-corrected chi connectivity index (χ2v) is 7.09. The summed E-state index contributed by atoms with van der Waals surface area (Å²) in [5.41, 5.74) is 1.84. The largest absolute Gasteiger partial charge is 0.357 e. The van der Waals surface area contributed by atoms with Crippen LogP contribution in [0.3, 0.4) is 0 Å². The number of rotatable bonds is 5. The van der Waals surface area contributed by atoms with Gasteiger partial charge in [0.05, 0.1) is 18.2 Å². The molecule has 2 saturated heterocycles. The summed E-state index contributed by atoms with van der Waals surface area (Å²) >= 11 is 0. The van der Waals surface area contributed by atoms with Gasteiger partial charge < -0.3 is 15.1 Å². The van der Waals surface area contributed by atoms with Crippen LogP contribution in [0.25, 0.3) is 0 Å². The Morgan fingerprint density at radius 3 is 2.68 bits per heavy atom. The van der Waals surface area contributed by atoms with Crippen LogP contribution >= 0.6 is 0 Å². The van der Waals surface area contributed by atoms with Crippen molar-refractivity contribution in [1.29, 1.82) is 5.26 Å². The Balaban J connectivity index is 1.57. The molecule has 5 heteroatoms. The van der Waals surface area contributed by atoms with E-state index in [0.717, 1.165) is 37.1 Å². The van der Waals surface area contributed by atoms with Gasteiger partial charge in [-0.15, -0.1) is 0 Å². The lowest BCUT2D eigenvalue weighted by Gasteiger charge is -2.23. The molecule has 3 rings (SSSR count). The van der Waals surface area contributed by atoms with E-state index in [-0.39, 0.29) is 0 Å². The van der Waals surface area contributed by atoms with Gasteiger partial charge in [0.2, 0.25) is 0 Å². The van der Waals surface area contributed by atoms with E-state index in [9.17, 15) is 0 Å². The predicted molar refractivity (Wildman–Crippen MR) is 101 cm³/mol. The Kier molecular flexibility index (Phi) is 6.30. The van der Waals surface area contributed by atoms with Crippen molar-refractivity contribution in [3.63, 3.8) is 0 Å². The van der Waals surface area contributed by atoms with E-state index in [2.05, 4.69) is 28.1 Å². The van der Waals surface area contributed by atoms with Gasteiger partial charge in [0.15, 0.2) is 5.96 Å². The zero-order valence-corrected chi connectivity index (χ0v) is 15.2. The molecule has 1 atom stereocenters. The van der Waals surface area contributed by atoms with Gasteiger partial charge in [-0.3, -0.25) is 0 Å². The first-order valence-electron chi connectivity index (χ1n) is 9.53. The minimum atomic E-state index is 0.654. The van der Waals surface area contributed by atoms with Crippen LogP contribution in [0.5, 0.6) is 0 Å². The third kappa shape index (κ3) is 4.96. The Hall–Kier alpha value is -2.06. The van der Waals surface area contributed by atoms with Gasteiger partial charge in [0, 0.05) is 26.2 Å². The normalized spacial score (nSPS) is 21.5. The molecule has 0 bridgehead atoms. The monoisotopic (exact) mass is 339 g/mol. The van der Waals surface area contributed by atoms with Crippen LogP contribution < -0.4 is 5.32 Å². The summed E-state index contributed by atoms with van der Waals surface area (Å²) in [6, 6.07) is 9.86. The van der Waals surface area contributed by atoms with Crippen molar-refractivity contribution in [2.45, 2.75) is 32.7 Å². The molecule has 2 aliphatic rings. The summed E-state index contributed by atoms with van der Waals surface area (Å²) in [5.74, 6) is 1.78. The van der Waals surface area contributed by atoms with E-state index in [0.29, 0.717) is 12.1 Å². The van der Waals surface area contributed by atoms with Crippen molar-refractivity contribution in [2.24, 2.45) is 10.9 Å². The lowest BCUT2D eigenvalue weighted by atomic mass is 10.1. The molecule has 2 aliphatic heterocycles. The summed E-state index contributed by atoms with van der Waals surface area (Å²) in [7, 11) is 0. The lowest BCUT2D eigenvalue weighted by Crippen LogP contribution is -2.40. The zero-order chi connectivity index (χ0) is 17.5. The summed E-state index contributed by atoms with van der Waals surface area (Å²) in [5, 5.41) is 12.3. The van der Waals surface area contributed by atoms with E-state index >= 15 is 0 Å². The second kappa shape index (κ2) is 8.87. The second-order valence-electron chi connectivity index (χ2n) is 7.09. The number of hydrogen-bond acceptors (Lipinski definition) is 3. The van der Waals surface area contributed by atoms with Crippen LogP contribution in [0.15, 0.2) is 29.3 Å².